The zero-order chi connectivity index (χ0) is 22.7. The molecule has 1 aromatic rings. The third kappa shape index (κ3) is 6.15. The number of esters is 1. The Hall–Kier alpha value is -1.22. The fourth-order valence-electron chi connectivity index (χ4n) is 3.44. The highest BCUT2D eigenvalue weighted by Gasteiger charge is 2.46. The quantitative estimate of drug-likeness (QED) is 0.321. The zero-order valence-electron chi connectivity index (χ0n) is 19.2. The van der Waals surface area contributed by atoms with E-state index in [1.54, 1.807) is 19.1 Å². The highest BCUT2D eigenvalue weighted by atomic mass is 32.2. The van der Waals surface area contributed by atoms with Gasteiger partial charge in [-0.25, -0.2) is 0 Å². The van der Waals surface area contributed by atoms with Gasteiger partial charge in [0.1, 0.15) is 0 Å². The molecular weight excluding hydrogens is 420 g/mol. The van der Waals surface area contributed by atoms with E-state index >= 15 is 0 Å². The van der Waals surface area contributed by atoms with E-state index in [0.717, 1.165) is 5.56 Å². The van der Waals surface area contributed by atoms with Gasteiger partial charge in [-0.15, -0.1) is 0 Å². The van der Waals surface area contributed by atoms with Crippen LogP contribution in [0.2, 0.25) is 18.1 Å². The predicted octanol–water partition coefficient (Wildman–Crippen LogP) is 4.68. The molecule has 1 aromatic carbocycles. The van der Waals surface area contributed by atoms with E-state index in [-0.39, 0.29) is 34.5 Å². The van der Waals surface area contributed by atoms with Crippen molar-refractivity contribution in [3.05, 3.63) is 29.8 Å². The summed E-state index contributed by atoms with van der Waals surface area (Å²) in [7, 11) is -5.90. The number of rotatable bonds is 8. The van der Waals surface area contributed by atoms with E-state index < -0.39 is 24.4 Å². The summed E-state index contributed by atoms with van der Waals surface area (Å²) >= 11 is 0. The van der Waals surface area contributed by atoms with E-state index in [1.165, 1.54) is 12.1 Å². The van der Waals surface area contributed by atoms with Crippen molar-refractivity contribution in [3.63, 3.8) is 0 Å². The molecule has 6 nitrogen and oxygen atoms in total. The lowest BCUT2D eigenvalue weighted by molar-refractivity contribution is -0.149. The molecule has 0 radical (unpaired) electrons. The van der Waals surface area contributed by atoms with E-state index in [4.69, 9.17) is 13.3 Å². The topological polar surface area (TPSA) is 78.9 Å². The summed E-state index contributed by atoms with van der Waals surface area (Å²) < 4.78 is 42.3. The number of aryl methyl sites for hydroxylation is 1. The Morgan fingerprint density at radius 2 is 1.73 bits per heavy atom. The summed E-state index contributed by atoms with van der Waals surface area (Å²) in [6.45, 7) is 14.8. The Morgan fingerprint density at radius 1 is 1.13 bits per heavy atom. The fourth-order valence-corrected chi connectivity index (χ4v) is 5.77. The van der Waals surface area contributed by atoms with Crippen LogP contribution in [-0.2, 0) is 28.3 Å². The normalized spacial score (nSPS) is 22.8. The van der Waals surface area contributed by atoms with Gasteiger partial charge in [-0.1, -0.05) is 38.5 Å². The lowest BCUT2D eigenvalue weighted by Crippen LogP contribution is -2.43. The number of benzene rings is 1. The molecule has 0 spiro atoms. The van der Waals surface area contributed by atoms with Gasteiger partial charge in [-0.3, -0.25) is 8.98 Å². The minimum atomic E-state index is -3.89. The average molecular weight is 457 g/mol. The van der Waals surface area contributed by atoms with Gasteiger partial charge >= 0.3 is 5.97 Å². The van der Waals surface area contributed by atoms with Crippen molar-refractivity contribution < 1.29 is 26.6 Å². The van der Waals surface area contributed by atoms with Crippen LogP contribution in [0.15, 0.2) is 29.2 Å². The molecule has 0 heterocycles. The monoisotopic (exact) mass is 456 g/mol. The molecule has 30 heavy (non-hydrogen) atoms. The third-order valence-electron chi connectivity index (χ3n) is 6.26. The summed E-state index contributed by atoms with van der Waals surface area (Å²) in [4.78, 5) is 12.6. The highest BCUT2D eigenvalue weighted by molar-refractivity contribution is 7.86. The van der Waals surface area contributed by atoms with Crippen molar-refractivity contribution in [2.45, 2.75) is 76.6 Å². The highest BCUT2D eigenvalue weighted by Crippen LogP contribution is 2.42. The molecule has 1 aliphatic carbocycles. The van der Waals surface area contributed by atoms with Crippen molar-refractivity contribution >= 4 is 24.4 Å². The molecule has 1 aliphatic rings. The Bertz CT molecular complexity index is 826. The molecule has 2 rings (SSSR count). The molecule has 0 bridgehead atoms. The molecule has 0 N–H and O–H groups in total. The van der Waals surface area contributed by atoms with E-state index in [9.17, 15) is 13.2 Å². The lowest BCUT2D eigenvalue weighted by atomic mass is 9.97. The summed E-state index contributed by atoms with van der Waals surface area (Å²) in [6.07, 6.45) is 1.01. The second-order valence-electron chi connectivity index (χ2n) is 9.64. The van der Waals surface area contributed by atoms with Crippen molar-refractivity contribution in [1.82, 2.24) is 0 Å². The van der Waals surface area contributed by atoms with Crippen molar-refractivity contribution in [2.75, 3.05) is 13.2 Å². The maximum Gasteiger partial charge on any atom is 0.309 e. The van der Waals surface area contributed by atoms with Gasteiger partial charge < -0.3 is 9.16 Å². The standard InChI is InChI=1S/C22H36O6SSi/c1-8-26-21(23)20-14-18(28-30(6,7)22(3,4)5)13-17(20)15-27-29(24,25)19-11-9-16(2)10-12-19/h9-12,17-18,20H,8,13-15H2,1-7H3/t17-,18?,20+/m0/s1. The van der Waals surface area contributed by atoms with E-state index in [1.807, 2.05) is 6.92 Å². The van der Waals surface area contributed by atoms with Crippen LogP contribution in [0.4, 0.5) is 0 Å². The zero-order valence-corrected chi connectivity index (χ0v) is 21.0. The summed E-state index contributed by atoms with van der Waals surface area (Å²) in [6, 6.07) is 6.53. The van der Waals surface area contributed by atoms with Crippen LogP contribution in [-0.4, -0.2) is 42.0 Å². The summed E-state index contributed by atoms with van der Waals surface area (Å²) in [5.74, 6) is -0.993. The van der Waals surface area contributed by atoms with Crippen molar-refractivity contribution in [2.24, 2.45) is 11.8 Å². The fraction of sp³-hybridized carbons (Fsp3) is 0.682. The van der Waals surface area contributed by atoms with Crippen LogP contribution < -0.4 is 0 Å². The van der Waals surface area contributed by atoms with Crippen LogP contribution in [0, 0.1) is 18.8 Å². The van der Waals surface area contributed by atoms with Crippen LogP contribution in [0.1, 0.15) is 46.1 Å². The van der Waals surface area contributed by atoms with Crippen LogP contribution in [0.25, 0.3) is 0 Å². The minimum absolute atomic E-state index is 0.0514. The number of hydrogen-bond acceptors (Lipinski definition) is 6. The Labute approximate surface area is 182 Å². The SMILES string of the molecule is CCOC(=O)[C@@H]1CC(O[Si](C)(C)C(C)(C)C)C[C@H]1COS(=O)(=O)c1ccc(C)cc1. The van der Waals surface area contributed by atoms with Gasteiger partial charge in [0.2, 0.25) is 0 Å². The van der Waals surface area contributed by atoms with Crippen molar-refractivity contribution in [3.8, 4) is 0 Å². The molecule has 1 fully saturated rings. The largest absolute Gasteiger partial charge is 0.466 e. The first-order chi connectivity index (χ1) is 13.8. The first-order valence-corrected chi connectivity index (χ1v) is 14.9. The molecule has 0 aliphatic heterocycles. The molecular formula is C22H36O6SSi. The maximum atomic E-state index is 12.6. The smallest absolute Gasteiger partial charge is 0.309 e. The predicted molar refractivity (Wildman–Crippen MR) is 119 cm³/mol. The van der Waals surface area contributed by atoms with Crippen LogP contribution >= 0.6 is 0 Å². The second-order valence-corrected chi connectivity index (χ2v) is 16.0. The second kappa shape index (κ2) is 9.50. The van der Waals surface area contributed by atoms with E-state index in [2.05, 4.69) is 33.9 Å². The average Bonchev–Trinajstić information content (AvgIpc) is 3.02. The first-order valence-electron chi connectivity index (χ1n) is 10.6. The molecule has 0 aromatic heterocycles. The Balaban J connectivity index is 2.12. The molecule has 1 unspecified atom stereocenters. The molecule has 0 amide bonds. The van der Waals surface area contributed by atoms with Crippen molar-refractivity contribution in [1.29, 1.82) is 0 Å². The molecule has 3 atom stereocenters. The Morgan fingerprint density at radius 3 is 2.27 bits per heavy atom. The number of hydrogen-bond donors (Lipinski definition) is 0. The maximum absolute atomic E-state index is 12.6. The van der Waals surface area contributed by atoms with Gasteiger partial charge in [-0.05, 0) is 62.9 Å². The Kier molecular flexibility index (Phi) is 7.93. The third-order valence-corrected chi connectivity index (χ3v) is 12.1. The molecule has 8 heteroatoms. The molecule has 0 saturated heterocycles. The van der Waals surface area contributed by atoms with Gasteiger partial charge in [-0.2, -0.15) is 8.42 Å². The van der Waals surface area contributed by atoms with Gasteiger partial charge in [0, 0.05) is 6.10 Å². The van der Waals surface area contributed by atoms with E-state index in [0.29, 0.717) is 19.4 Å². The van der Waals surface area contributed by atoms with Crippen LogP contribution in [0.5, 0.6) is 0 Å². The first kappa shape index (κ1) is 25.0. The minimum Gasteiger partial charge on any atom is -0.466 e. The molecule has 1 saturated carbocycles. The van der Waals surface area contributed by atoms with Crippen LogP contribution in [0.3, 0.4) is 0 Å². The number of carbonyl (C=O) groups is 1. The molecule has 170 valence electrons. The van der Waals surface area contributed by atoms with Gasteiger partial charge in [0.15, 0.2) is 8.32 Å². The summed E-state index contributed by atoms with van der Waals surface area (Å²) in [5.41, 5.74) is 0.970. The number of carbonyl (C=O) groups excluding carboxylic acids is 1. The van der Waals surface area contributed by atoms with Gasteiger partial charge in [0.25, 0.3) is 10.1 Å². The number of ether oxygens (including phenoxy) is 1. The summed E-state index contributed by atoms with van der Waals surface area (Å²) in [5, 5.41) is 0.0514. The lowest BCUT2D eigenvalue weighted by Gasteiger charge is -2.38. The van der Waals surface area contributed by atoms with Gasteiger partial charge in [0.05, 0.1) is 24.0 Å².